The average molecular weight is 291 g/mol. The molecule has 0 aliphatic carbocycles. The second-order valence-corrected chi connectivity index (χ2v) is 6.87. The van der Waals surface area contributed by atoms with E-state index in [9.17, 15) is 8.42 Å². The molecule has 0 aliphatic heterocycles. The molecule has 20 heavy (non-hydrogen) atoms. The lowest BCUT2D eigenvalue weighted by Gasteiger charge is -2.12. The van der Waals surface area contributed by atoms with Crippen LogP contribution in [0.25, 0.3) is 0 Å². The summed E-state index contributed by atoms with van der Waals surface area (Å²) in [5, 5.41) is 0. The third kappa shape index (κ3) is 4.36. The molecular formula is C15H17NO3S. The maximum atomic E-state index is 11.2. The van der Waals surface area contributed by atoms with Crippen molar-refractivity contribution in [1.82, 2.24) is 0 Å². The summed E-state index contributed by atoms with van der Waals surface area (Å²) in [6.07, 6.45) is 1.18. The Morgan fingerprint density at radius 2 is 1.55 bits per heavy atom. The van der Waals surface area contributed by atoms with Gasteiger partial charge in [-0.25, -0.2) is 8.42 Å². The van der Waals surface area contributed by atoms with Crippen LogP contribution in [0.4, 0.5) is 0 Å². The molecule has 0 saturated carbocycles. The van der Waals surface area contributed by atoms with E-state index in [0.717, 1.165) is 11.3 Å². The van der Waals surface area contributed by atoms with Gasteiger partial charge in [-0.05, 0) is 29.8 Å². The van der Waals surface area contributed by atoms with Gasteiger partial charge in [0.1, 0.15) is 21.3 Å². The van der Waals surface area contributed by atoms with Crippen LogP contribution in [-0.4, -0.2) is 20.4 Å². The van der Waals surface area contributed by atoms with E-state index in [-0.39, 0.29) is 5.75 Å². The largest absolute Gasteiger partial charge is 0.457 e. The van der Waals surface area contributed by atoms with Crippen molar-refractivity contribution in [2.24, 2.45) is 5.73 Å². The van der Waals surface area contributed by atoms with Crippen molar-refractivity contribution in [3.8, 4) is 11.5 Å². The first-order valence-electron chi connectivity index (χ1n) is 6.20. The van der Waals surface area contributed by atoms with E-state index in [2.05, 4.69) is 0 Å². The maximum Gasteiger partial charge on any atom is 0.149 e. The lowest BCUT2D eigenvalue weighted by Crippen LogP contribution is -2.20. The van der Waals surface area contributed by atoms with E-state index in [0.29, 0.717) is 5.75 Å². The van der Waals surface area contributed by atoms with Crippen molar-refractivity contribution in [1.29, 1.82) is 0 Å². The highest BCUT2D eigenvalue weighted by Crippen LogP contribution is 2.23. The summed E-state index contributed by atoms with van der Waals surface area (Å²) in [4.78, 5) is 0. The van der Waals surface area contributed by atoms with Gasteiger partial charge in [0.15, 0.2) is 0 Å². The zero-order valence-corrected chi connectivity index (χ0v) is 12.0. The van der Waals surface area contributed by atoms with Crippen LogP contribution in [0, 0.1) is 0 Å². The quantitative estimate of drug-likeness (QED) is 0.919. The van der Waals surface area contributed by atoms with Gasteiger partial charge in [-0.2, -0.15) is 0 Å². The molecule has 0 radical (unpaired) electrons. The number of ether oxygens (including phenoxy) is 1. The van der Waals surface area contributed by atoms with Gasteiger partial charge in [0.2, 0.25) is 0 Å². The normalized spacial score (nSPS) is 12.9. The van der Waals surface area contributed by atoms with Gasteiger partial charge in [0.05, 0.1) is 5.75 Å². The van der Waals surface area contributed by atoms with Gasteiger partial charge in [-0.3, -0.25) is 0 Å². The first-order chi connectivity index (χ1) is 9.44. The Labute approximate surface area is 119 Å². The van der Waals surface area contributed by atoms with Crippen molar-refractivity contribution in [3.05, 3.63) is 60.2 Å². The molecule has 0 bridgehead atoms. The number of para-hydroxylation sites is 1. The summed E-state index contributed by atoms with van der Waals surface area (Å²) < 4.78 is 28.1. The molecule has 0 aromatic heterocycles. The van der Waals surface area contributed by atoms with E-state index in [1.807, 2.05) is 30.3 Å². The summed E-state index contributed by atoms with van der Waals surface area (Å²) in [5.41, 5.74) is 6.64. The molecule has 106 valence electrons. The summed E-state index contributed by atoms with van der Waals surface area (Å²) >= 11 is 0. The first-order valence-corrected chi connectivity index (χ1v) is 8.26. The Morgan fingerprint density at radius 1 is 1.00 bits per heavy atom. The summed E-state index contributed by atoms with van der Waals surface area (Å²) in [5.74, 6) is 1.37. The minimum absolute atomic E-state index is 0.0636. The molecule has 2 aromatic rings. The van der Waals surface area contributed by atoms with E-state index in [4.69, 9.17) is 10.5 Å². The molecule has 4 nitrogen and oxygen atoms in total. The number of benzene rings is 2. The van der Waals surface area contributed by atoms with Gasteiger partial charge in [-0.15, -0.1) is 0 Å². The molecule has 0 spiro atoms. The van der Waals surface area contributed by atoms with Gasteiger partial charge in [0.25, 0.3) is 0 Å². The van der Waals surface area contributed by atoms with Gasteiger partial charge in [-0.1, -0.05) is 30.3 Å². The zero-order chi connectivity index (χ0) is 14.6. The lowest BCUT2D eigenvalue weighted by atomic mass is 10.1. The van der Waals surface area contributed by atoms with Crippen LogP contribution in [0.15, 0.2) is 54.6 Å². The molecule has 2 N–H and O–H groups in total. The average Bonchev–Trinajstić information content (AvgIpc) is 2.39. The molecule has 0 aliphatic rings. The molecular weight excluding hydrogens is 274 g/mol. The minimum Gasteiger partial charge on any atom is -0.457 e. The van der Waals surface area contributed by atoms with Crippen molar-refractivity contribution < 1.29 is 13.2 Å². The second-order valence-electron chi connectivity index (χ2n) is 4.68. The highest BCUT2D eigenvalue weighted by Gasteiger charge is 2.13. The Bertz CT molecular complexity index is 651. The molecule has 0 amide bonds. The molecule has 0 heterocycles. The molecule has 5 heteroatoms. The monoisotopic (exact) mass is 291 g/mol. The third-order valence-corrected chi connectivity index (χ3v) is 3.73. The Hall–Kier alpha value is -1.85. The first kappa shape index (κ1) is 14.6. The molecule has 1 atom stereocenters. The van der Waals surface area contributed by atoms with Crippen LogP contribution in [-0.2, 0) is 9.84 Å². The minimum atomic E-state index is -3.09. The maximum absolute atomic E-state index is 11.2. The Morgan fingerprint density at radius 3 is 2.10 bits per heavy atom. The fraction of sp³-hybridized carbons (Fsp3) is 0.200. The number of rotatable bonds is 5. The molecule has 2 aromatic carbocycles. The highest BCUT2D eigenvalue weighted by molar-refractivity contribution is 7.90. The van der Waals surface area contributed by atoms with Gasteiger partial charge < -0.3 is 10.5 Å². The van der Waals surface area contributed by atoms with E-state index in [1.165, 1.54) is 6.26 Å². The summed E-state index contributed by atoms with van der Waals surface area (Å²) in [6, 6.07) is 16.1. The number of nitrogens with two attached hydrogens (primary N) is 1. The van der Waals surface area contributed by atoms with Crippen molar-refractivity contribution in [2.75, 3.05) is 12.0 Å². The van der Waals surface area contributed by atoms with Crippen molar-refractivity contribution in [2.45, 2.75) is 6.04 Å². The Kier molecular flexibility index (Phi) is 4.42. The number of hydrogen-bond acceptors (Lipinski definition) is 4. The zero-order valence-electron chi connectivity index (χ0n) is 11.2. The van der Waals surface area contributed by atoms with Gasteiger partial charge in [0, 0.05) is 12.3 Å². The number of hydrogen-bond donors (Lipinski definition) is 1. The predicted molar refractivity (Wildman–Crippen MR) is 79.6 cm³/mol. The van der Waals surface area contributed by atoms with Crippen LogP contribution >= 0.6 is 0 Å². The second kappa shape index (κ2) is 6.07. The van der Waals surface area contributed by atoms with Crippen LogP contribution in [0.3, 0.4) is 0 Å². The smallest absolute Gasteiger partial charge is 0.149 e. The van der Waals surface area contributed by atoms with Crippen molar-refractivity contribution in [3.63, 3.8) is 0 Å². The van der Waals surface area contributed by atoms with E-state index >= 15 is 0 Å². The molecule has 1 unspecified atom stereocenters. The van der Waals surface area contributed by atoms with E-state index in [1.54, 1.807) is 24.3 Å². The van der Waals surface area contributed by atoms with Crippen LogP contribution in [0.5, 0.6) is 11.5 Å². The van der Waals surface area contributed by atoms with E-state index < -0.39 is 15.9 Å². The highest BCUT2D eigenvalue weighted by atomic mass is 32.2. The summed E-state index contributed by atoms with van der Waals surface area (Å²) in [7, 11) is -3.09. The lowest BCUT2D eigenvalue weighted by molar-refractivity contribution is 0.482. The molecule has 2 rings (SSSR count). The van der Waals surface area contributed by atoms with Crippen molar-refractivity contribution >= 4 is 9.84 Å². The fourth-order valence-electron chi connectivity index (χ4n) is 1.83. The Balaban J connectivity index is 2.07. The number of sulfone groups is 1. The molecule has 0 fully saturated rings. The topological polar surface area (TPSA) is 69.4 Å². The van der Waals surface area contributed by atoms with Crippen LogP contribution in [0.1, 0.15) is 11.6 Å². The fourth-order valence-corrected chi connectivity index (χ4v) is 2.67. The summed E-state index contributed by atoms with van der Waals surface area (Å²) in [6.45, 7) is 0. The SMILES string of the molecule is CS(=O)(=O)CC(N)c1ccc(Oc2ccccc2)cc1. The van der Waals surface area contributed by atoms with Gasteiger partial charge >= 0.3 is 0 Å². The standard InChI is InChI=1S/C15H17NO3S/c1-20(17,18)11-15(16)12-7-9-14(10-8-12)19-13-5-3-2-4-6-13/h2-10,15H,11,16H2,1H3. The van der Waals surface area contributed by atoms with Crippen LogP contribution in [0.2, 0.25) is 0 Å². The third-order valence-electron chi connectivity index (χ3n) is 2.77. The predicted octanol–water partition coefficient (Wildman–Crippen LogP) is 2.52. The molecule has 0 saturated heterocycles. The van der Waals surface area contributed by atoms with Crippen LogP contribution < -0.4 is 10.5 Å².